The lowest BCUT2D eigenvalue weighted by Gasteiger charge is -2.58. The highest BCUT2D eigenvalue weighted by Crippen LogP contribution is 2.65. The lowest BCUT2D eigenvalue weighted by Crippen LogP contribution is -2.53. The summed E-state index contributed by atoms with van der Waals surface area (Å²) in [5.74, 6) is 5.17. The Morgan fingerprint density at radius 2 is 1.84 bits per heavy atom. The molecule has 4 fully saturated rings. The number of Topliss-reactive ketones (excluding diaryl/α,β-unsaturated/α-hetero) is 1. The van der Waals surface area contributed by atoms with E-state index in [1.807, 2.05) is 0 Å². The summed E-state index contributed by atoms with van der Waals surface area (Å²) in [4.78, 5) is 12.5. The summed E-state index contributed by atoms with van der Waals surface area (Å²) in [6, 6.07) is 0. The number of alkyl halides is 1. The second-order valence-electron chi connectivity index (χ2n) is 10.4. The van der Waals surface area contributed by atoms with Crippen LogP contribution in [0.5, 0.6) is 0 Å². The summed E-state index contributed by atoms with van der Waals surface area (Å²) < 4.78 is 0. The Labute approximate surface area is 161 Å². The number of aliphatic hydroxyl groups is 1. The third kappa shape index (κ3) is 2.78. The molecule has 0 aromatic heterocycles. The third-order valence-electron chi connectivity index (χ3n) is 9.40. The second-order valence-corrected chi connectivity index (χ2v) is 11.0. The van der Waals surface area contributed by atoms with Gasteiger partial charge in [-0.25, -0.2) is 0 Å². The van der Waals surface area contributed by atoms with Gasteiger partial charge in [0.05, 0.1) is 10.9 Å². The maximum atomic E-state index is 12.5. The number of hydrogen-bond acceptors (Lipinski definition) is 2. The Morgan fingerprint density at radius 1 is 1.08 bits per heavy atom. The molecule has 0 unspecified atom stereocenters. The van der Waals surface area contributed by atoms with Gasteiger partial charge in [0, 0.05) is 5.92 Å². The van der Waals surface area contributed by atoms with Gasteiger partial charge in [0.1, 0.15) is 5.78 Å². The van der Waals surface area contributed by atoms with Crippen molar-refractivity contribution in [1.82, 2.24) is 0 Å². The van der Waals surface area contributed by atoms with E-state index in [1.54, 1.807) is 0 Å². The lowest BCUT2D eigenvalue weighted by molar-refractivity contribution is -0.134. The minimum absolute atomic E-state index is 0.255. The van der Waals surface area contributed by atoms with Crippen LogP contribution in [0.3, 0.4) is 0 Å². The summed E-state index contributed by atoms with van der Waals surface area (Å²) >= 11 is 3.42. The first-order valence-corrected chi connectivity index (χ1v) is 11.7. The van der Waals surface area contributed by atoms with Crippen LogP contribution in [0.4, 0.5) is 0 Å². The van der Waals surface area contributed by atoms with Crippen molar-refractivity contribution >= 4 is 21.7 Å². The molecule has 0 aromatic carbocycles. The molecule has 1 N–H and O–H groups in total. The SMILES string of the molecule is C[C@@H]1C[C@H]2[C@@H](CC[C@@H]3[C@@H]2CC[C@]2(C)[C@@H](C(=O)CBr)CC[C@@H]32)C[C@]1(C)O. The Balaban J connectivity index is 1.56. The highest BCUT2D eigenvalue weighted by Gasteiger charge is 2.59. The molecule has 9 atom stereocenters. The van der Waals surface area contributed by atoms with Gasteiger partial charge < -0.3 is 5.11 Å². The molecule has 0 radical (unpaired) electrons. The molecule has 0 bridgehead atoms. The van der Waals surface area contributed by atoms with Crippen LogP contribution in [-0.4, -0.2) is 21.8 Å². The van der Waals surface area contributed by atoms with Gasteiger partial charge in [0.2, 0.25) is 0 Å². The lowest BCUT2D eigenvalue weighted by atomic mass is 9.48. The van der Waals surface area contributed by atoms with E-state index in [-0.39, 0.29) is 5.41 Å². The number of halogens is 1. The van der Waals surface area contributed by atoms with Crippen molar-refractivity contribution in [2.75, 3.05) is 5.33 Å². The molecule has 0 aromatic rings. The summed E-state index contributed by atoms with van der Waals surface area (Å²) in [6.45, 7) is 6.75. The van der Waals surface area contributed by atoms with Gasteiger partial charge in [-0.3, -0.25) is 4.79 Å². The molecule has 4 aliphatic rings. The quantitative estimate of drug-likeness (QED) is 0.633. The monoisotopic (exact) mass is 410 g/mol. The van der Waals surface area contributed by atoms with Crippen LogP contribution in [0.2, 0.25) is 0 Å². The van der Waals surface area contributed by atoms with Crippen molar-refractivity contribution in [1.29, 1.82) is 0 Å². The predicted molar refractivity (Wildman–Crippen MR) is 105 cm³/mol. The van der Waals surface area contributed by atoms with Crippen molar-refractivity contribution in [3.63, 3.8) is 0 Å². The summed E-state index contributed by atoms with van der Waals surface area (Å²) in [6.07, 6.45) is 9.82. The van der Waals surface area contributed by atoms with E-state index in [0.29, 0.717) is 22.9 Å². The van der Waals surface area contributed by atoms with Gasteiger partial charge in [-0.2, -0.15) is 0 Å². The zero-order valence-corrected chi connectivity index (χ0v) is 17.7. The smallest absolute Gasteiger partial charge is 0.147 e. The Morgan fingerprint density at radius 3 is 2.56 bits per heavy atom. The van der Waals surface area contributed by atoms with Gasteiger partial charge in [-0.1, -0.05) is 29.8 Å². The van der Waals surface area contributed by atoms with Crippen molar-refractivity contribution in [3.05, 3.63) is 0 Å². The Hall–Kier alpha value is 0.110. The maximum Gasteiger partial charge on any atom is 0.147 e. The molecule has 3 heteroatoms. The first-order chi connectivity index (χ1) is 11.8. The molecule has 0 aliphatic heterocycles. The van der Waals surface area contributed by atoms with E-state index in [4.69, 9.17) is 0 Å². The summed E-state index contributed by atoms with van der Waals surface area (Å²) in [5.41, 5.74) is -0.206. The zero-order chi connectivity index (χ0) is 18.0. The Bertz CT molecular complexity index is 544. The van der Waals surface area contributed by atoms with Crippen LogP contribution in [0.1, 0.15) is 72.1 Å². The number of ketones is 1. The zero-order valence-electron chi connectivity index (χ0n) is 16.1. The van der Waals surface area contributed by atoms with Crippen molar-refractivity contribution < 1.29 is 9.90 Å². The van der Waals surface area contributed by atoms with Crippen LogP contribution < -0.4 is 0 Å². The van der Waals surface area contributed by atoms with E-state index in [9.17, 15) is 9.90 Å². The standard InChI is InChI=1S/C22H35BrO2/c1-13-10-17-14(11-22(13,3)25)4-5-16-15(17)8-9-21(2)18(16)6-7-19(21)20(24)12-23/h13-19,25H,4-12H2,1-3H3/t13-,14+,15+,16-,17+,18+,19-,21+,22+/m1/s1. The maximum absolute atomic E-state index is 12.5. The highest BCUT2D eigenvalue weighted by atomic mass is 79.9. The number of carbonyl (C=O) groups is 1. The number of rotatable bonds is 2. The normalized spacial score (nSPS) is 55.2. The van der Waals surface area contributed by atoms with Gasteiger partial charge in [-0.05, 0) is 99.2 Å². The molecule has 0 spiro atoms. The first-order valence-electron chi connectivity index (χ1n) is 10.6. The minimum atomic E-state index is -0.460. The van der Waals surface area contributed by atoms with Gasteiger partial charge in [0.15, 0.2) is 0 Å². The molecule has 4 saturated carbocycles. The fraction of sp³-hybridized carbons (Fsp3) is 0.955. The molecule has 2 nitrogen and oxygen atoms in total. The second kappa shape index (κ2) is 6.33. The van der Waals surface area contributed by atoms with E-state index in [2.05, 4.69) is 36.7 Å². The fourth-order valence-electron chi connectivity index (χ4n) is 7.87. The Kier molecular flexibility index (Phi) is 4.68. The highest BCUT2D eigenvalue weighted by molar-refractivity contribution is 9.09. The topological polar surface area (TPSA) is 37.3 Å². The molecule has 25 heavy (non-hydrogen) atoms. The van der Waals surface area contributed by atoms with Gasteiger partial charge in [0.25, 0.3) is 0 Å². The van der Waals surface area contributed by atoms with Crippen molar-refractivity contribution in [2.45, 2.75) is 77.7 Å². The van der Waals surface area contributed by atoms with Crippen molar-refractivity contribution in [2.24, 2.45) is 46.8 Å². The van der Waals surface area contributed by atoms with Crippen LogP contribution >= 0.6 is 15.9 Å². The third-order valence-corrected chi connectivity index (χ3v) is 9.95. The van der Waals surface area contributed by atoms with Crippen LogP contribution in [-0.2, 0) is 4.79 Å². The molecule has 0 amide bonds. The van der Waals surface area contributed by atoms with Gasteiger partial charge in [-0.15, -0.1) is 0 Å². The van der Waals surface area contributed by atoms with Gasteiger partial charge >= 0.3 is 0 Å². The van der Waals surface area contributed by atoms with Crippen LogP contribution in [0.15, 0.2) is 0 Å². The average Bonchev–Trinajstić information content (AvgIpc) is 2.92. The fourth-order valence-corrected chi connectivity index (χ4v) is 8.26. The average molecular weight is 411 g/mol. The number of carbonyl (C=O) groups excluding carboxylic acids is 1. The molecule has 4 aliphatic carbocycles. The molecule has 142 valence electrons. The van der Waals surface area contributed by atoms with E-state index < -0.39 is 5.60 Å². The molecule has 4 rings (SSSR count). The van der Waals surface area contributed by atoms with E-state index in [0.717, 1.165) is 42.4 Å². The largest absolute Gasteiger partial charge is 0.390 e. The first kappa shape index (κ1) is 18.5. The van der Waals surface area contributed by atoms with Crippen LogP contribution in [0, 0.1) is 46.8 Å². The molecular formula is C22H35BrO2. The summed E-state index contributed by atoms with van der Waals surface area (Å²) in [5, 5.41) is 11.3. The predicted octanol–water partition coefficient (Wildman–Crippen LogP) is 5.22. The van der Waals surface area contributed by atoms with Crippen molar-refractivity contribution in [3.8, 4) is 0 Å². The van der Waals surface area contributed by atoms with E-state index in [1.165, 1.54) is 38.5 Å². The number of hydrogen-bond donors (Lipinski definition) is 1. The number of fused-ring (bicyclic) bond motifs is 5. The summed E-state index contributed by atoms with van der Waals surface area (Å²) in [7, 11) is 0. The minimum Gasteiger partial charge on any atom is -0.390 e. The van der Waals surface area contributed by atoms with E-state index >= 15 is 0 Å². The molecule has 0 saturated heterocycles. The van der Waals surface area contributed by atoms with Crippen LogP contribution in [0.25, 0.3) is 0 Å². The molecule has 0 heterocycles. The molecular weight excluding hydrogens is 376 g/mol.